The number of imidazole rings is 1. The number of rotatable bonds is 6. The van der Waals surface area contributed by atoms with E-state index in [-0.39, 0.29) is 23.0 Å². The van der Waals surface area contributed by atoms with E-state index in [0.29, 0.717) is 12.2 Å². The van der Waals surface area contributed by atoms with Crippen LogP contribution in [0.15, 0.2) is 29.6 Å². The van der Waals surface area contributed by atoms with Crippen LogP contribution in [0.5, 0.6) is 0 Å². The fourth-order valence-corrected chi connectivity index (χ4v) is 2.96. The summed E-state index contributed by atoms with van der Waals surface area (Å²) in [5.74, 6) is 0.367. The van der Waals surface area contributed by atoms with Crippen molar-refractivity contribution in [3.05, 3.63) is 36.2 Å². The van der Waals surface area contributed by atoms with E-state index in [4.69, 9.17) is 0 Å². The maximum Gasteiger partial charge on any atom is 0.267 e. The summed E-state index contributed by atoms with van der Waals surface area (Å²) in [7, 11) is -0.541. The van der Waals surface area contributed by atoms with Gasteiger partial charge in [-0.15, -0.1) is 0 Å². The number of carbonyl (C=O) groups is 1. The van der Waals surface area contributed by atoms with Gasteiger partial charge in [0, 0.05) is 45.7 Å². The lowest BCUT2D eigenvalue weighted by Gasteiger charge is -2.03. The molecule has 0 saturated heterocycles. The molecule has 114 valence electrons. The van der Waals surface area contributed by atoms with Gasteiger partial charge in [0.25, 0.3) is 5.91 Å². The molecule has 1 amide bonds. The number of carbonyl (C=O) groups excluding carboxylic acids is 1. The van der Waals surface area contributed by atoms with Gasteiger partial charge in [0.05, 0.1) is 0 Å². The Hall–Kier alpha value is -2.13. The smallest absolute Gasteiger partial charge is 0.267 e. The van der Waals surface area contributed by atoms with Crippen LogP contribution in [0.1, 0.15) is 16.3 Å². The fourth-order valence-electron chi connectivity index (χ4n) is 1.86. The molecule has 0 spiro atoms. The molecule has 0 bridgehead atoms. The maximum atomic E-state index is 12.2. The molecule has 3 N–H and O–H groups in total. The number of amides is 1. The number of H-pyrrole nitrogens is 1. The van der Waals surface area contributed by atoms with Crippen molar-refractivity contribution >= 4 is 15.9 Å². The maximum absolute atomic E-state index is 12.2. The second kappa shape index (κ2) is 6.10. The van der Waals surface area contributed by atoms with Gasteiger partial charge in [-0.05, 0) is 6.07 Å². The van der Waals surface area contributed by atoms with Crippen LogP contribution in [-0.2, 0) is 23.5 Å². The van der Waals surface area contributed by atoms with Crippen molar-refractivity contribution in [2.75, 3.05) is 13.6 Å². The highest BCUT2D eigenvalue weighted by molar-refractivity contribution is 7.89. The van der Waals surface area contributed by atoms with E-state index < -0.39 is 10.0 Å². The van der Waals surface area contributed by atoms with Crippen molar-refractivity contribution in [2.45, 2.75) is 11.3 Å². The summed E-state index contributed by atoms with van der Waals surface area (Å²) in [6.45, 7) is 0.222. The molecule has 2 rings (SSSR count). The zero-order valence-corrected chi connectivity index (χ0v) is 12.6. The van der Waals surface area contributed by atoms with Gasteiger partial charge < -0.3 is 14.9 Å². The second-order valence-corrected chi connectivity index (χ2v) is 6.20. The average Bonchev–Trinajstić information content (AvgIpc) is 3.07. The number of nitrogens with zero attached hydrogens (tertiary/aromatic N) is 2. The number of aromatic amines is 1. The van der Waals surface area contributed by atoms with Crippen LogP contribution in [-0.4, -0.2) is 42.5 Å². The van der Waals surface area contributed by atoms with Crippen LogP contribution < -0.4 is 10.0 Å². The summed E-state index contributed by atoms with van der Waals surface area (Å²) >= 11 is 0. The third-order valence-electron chi connectivity index (χ3n) is 2.96. The highest BCUT2D eigenvalue weighted by Gasteiger charge is 2.19. The first-order chi connectivity index (χ1) is 9.94. The molecule has 2 heterocycles. The quantitative estimate of drug-likeness (QED) is 0.676. The molecule has 0 radical (unpaired) electrons. The number of nitrogens with one attached hydrogen (secondary N) is 3. The highest BCUT2D eigenvalue weighted by Crippen LogP contribution is 2.13. The van der Waals surface area contributed by atoms with Crippen LogP contribution in [0.2, 0.25) is 0 Å². The topological polar surface area (TPSA) is 109 Å². The lowest BCUT2D eigenvalue weighted by atomic mass is 10.4. The summed E-state index contributed by atoms with van der Waals surface area (Å²) in [6.07, 6.45) is 5.15. The Morgan fingerprint density at radius 2 is 2.24 bits per heavy atom. The van der Waals surface area contributed by atoms with Crippen molar-refractivity contribution in [1.29, 1.82) is 0 Å². The van der Waals surface area contributed by atoms with Crippen LogP contribution in [0, 0.1) is 0 Å². The van der Waals surface area contributed by atoms with Gasteiger partial charge >= 0.3 is 0 Å². The summed E-state index contributed by atoms with van der Waals surface area (Å²) in [6, 6.07) is 1.34. The molecular formula is C12H17N5O3S. The Balaban J connectivity index is 2.07. The number of hydrogen-bond acceptors (Lipinski definition) is 4. The van der Waals surface area contributed by atoms with Gasteiger partial charge in [-0.25, -0.2) is 18.1 Å². The predicted molar refractivity (Wildman–Crippen MR) is 76.3 cm³/mol. The minimum atomic E-state index is -3.65. The van der Waals surface area contributed by atoms with E-state index in [0.717, 1.165) is 0 Å². The highest BCUT2D eigenvalue weighted by atomic mass is 32.2. The first-order valence-corrected chi connectivity index (χ1v) is 7.78. The lowest BCUT2D eigenvalue weighted by molar-refractivity contribution is 0.0955. The SMILES string of the molecule is CNC(=O)c1cc(S(=O)(=O)NCCc2ncc[nH]2)cn1C. The van der Waals surface area contributed by atoms with Gasteiger partial charge in [0.2, 0.25) is 10.0 Å². The van der Waals surface area contributed by atoms with Crippen LogP contribution in [0.3, 0.4) is 0 Å². The summed E-state index contributed by atoms with van der Waals surface area (Å²) in [5, 5.41) is 2.46. The Morgan fingerprint density at radius 1 is 1.48 bits per heavy atom. The summed E-state index contributed by atoms with van der Waals surface area (Å²) in [4.78, 5) is 18.6. The zero-order chi connectivity index (χ0) is 15.5. The number of aromatic nitrogens is 3. The predicted octanol–water partition coefficient (Wildman–Crippen LogP) is -0.371. The molecule has 21 heavy (non-hydrogen) atoms. The zero-order valence-electron chi connectivity index (χ0n) is 11.8. The number of aryl methyl sites for hydroxylation is 1. The lowest BCUT2D eigenvalue weighted by Crippen LogP contribution is -2.26. The average molecular weight is 311 g/mol. The molecule has 0 aliphatic carbocycles. The van der Waals surface area contributed by atoms with Gasteiger partial charge in [0.1, 0.15) is 16.4 Å². The van der Waals surface area contributed by atoms with E-state index >= 15 is 0 Å². The molecule has 0 aliphatic rings. The van der Waals surface area contributed by atoms with Crippen molar-refractivity contribution in [3.63, 3.8) is 0 Å². The van der Waals surface area contributed by atoms with E-state index in [2.05, 4.69) is 20.0 Å². The number of hydrogen-bond donors (Lipinski definition) is 3. The monoisotopic (exact) mass is 311 g/mol. The molecule has 0 atom stereocenters. The Morgan fingerprint density at radius 3 is 2.86 bits per heavy atom. The van der Waals surface area contributed by atoms with Crippen molar-refractivity contribution in [2.24, 2.45) is 7.05 Å². The van der Waals surface area contributed by atoms with E-state index in [1.165, 1.54) is 23.9 Å². The molecule has 0 aliphatic heterocycles. The van der Waals surface area contributed by atoms with E-state index in [9.17, 15) is 13.2 Å². The third-order valence-corrected chi connectivity index (χ3v) is 4.39. The molecule has 0 aromatic carbocycles. The largest absolute Gasteiger partial charge is 0.354 e. The molecule has 0 unspecified atom stereocenters. The molecule has 2 aromatic heterocycles. The van der Waals surface area contributed by atoms with Crippen molar-refractivity contribution in [1.82, 2.24) is 24.6 Å². The first-order valence-electron chi connectivity index (χ1n) is 6.30. The van der Waals surface area contributed by atoms with Gasteiger partial charge in [0.15, 0.2) is 0 Å². The van der Waals surface area contributed by atoms with Crippen LogP contribution in [0.4, 0.5) is 0 Å². The summed E-state index contributed by atoms with van der Waals surface area (Å²) < 4.78 is 28.3. The fraction of sp³-hybridized carbons (Fsp3) is 0.333. The minimum absolute atomic E-state index is 0.0584. The van der Waals surface area contributed by atoms with Gasteiger partial charge in [-0.2, -0.15) is 0 Å². The van der Waals surface area contributed by atoms with Gasteiger partial charge in [-0.3, -0.25) is 4.79 Å². The minimum Gasteiger partial charge on any atom is -0.354 e. The van der Waals surface area contributed by atoms with Gasteiger partial charge in [-0.1, -0.05) is 0 Å². The molecule has 2 aromatic rings. The van der Waals surface area contributed by atoms with Crippen molar-refractivity contribution in [3.8, 4) is 0 Å². The summed E-state index contributed by atoms with van der Waals surface area (Å²) in [5.41, 5.74) is 0.281. The Kier molecular flexibility index (Phi) is 4.43. The standard InChI is InChI=1S/C12H17N5O3S/c1-13-12(18)10-7-9(8-17(10)2)21(19,20)16-4-3-11-14-5-6-15-11/h5-8,16H,3-4H2,1-2H3,(H,13,18)(H,14,15). The van der Waals surface area contributed by atoms with Crippen LogP contribution in [0.25, 0.3) is 0 Å². The molecule has 9 heteroatoms. The Bertz CT molecular complexity index is 718. The molecule has 8 nitrogen and oxygen atoms in total. The molecular weight excluding hydrogens is 294 g/mol. The Labute approximate surface area is 122 Å². The first kappa shape index (κ1) is 15.3. The molecule has 0 fully saturated rings. The molecule has 0 saturated carbocycles. The normalized spacial score (nSPS) is 11.5. The van der Waals surface area contributed by atoms with Crippen molar-refractivity contribution < 1.29 is 13.2 Å². The van der Waals surface area contributed by atoms with E-state index in [1.807, 2.05) is 0 Å². The van der Waals surface area contributed by atoms with Crippen LogP contribution >= 0.6 is 0 Å². The van der Waals surface area contributed by atoms with E-state index in [1.54, 1.807) is 19.4 Å². The third kappa shape index (κ3) is 3.50. The second-order valence-electron chi connectivity index (χ2n) is 4.43. The number of sulfonamides is 1.